The van der Waals surface area contributed by atoms with E-state index in [-0.39, 0.29) is 5.54 Å². The van der Waals surface area contributed by atoms with Gasteiger partial charge in [-0.25, -0.2) is 4.98 Å². The number of hydrogen-bond acceptors (Lipinski definition) is 4. The van der Waals surface area contributed by atoms with Crippen LogP contribution in [0.25, 0.3) is 0 Å². The molecule has 0 spiro atoms. The lowest BCUT2D eigenvalue weighted by Crippen LogP contribution is -2.35. The molecule has 1 N–H and O–H groups in total. The fraction of sp³-hybridized carbons (Fsp3) is 0.786. The van der Waals surface area contributed by atoms with Gasteiger partial charge in [0.15, 0.2) is 0 Å². The third kappa shape index (κ3) is 5.72. The lowest BCUT2D eigenvalue weighted by atomic mass is 10.1. The molecule has 0 aliphatic heterocycles. The Morgan fingerprint density at radius 1 is 1.28 bits per heavy atom. The molecule has 0 amide bonds. The fourth-order valence-electron chi connectivity index (χ4n) is 1.56. The van der Waals surface area contributed by atoms with E-state index in [1.165, 1.54) is 27.8 Å². The third-order valence-corrected chi connectivity index (χ3v) is 4.97. The van der Waals surface area contributed by atoms with E-state index < -0.39 is 0 Å². The standard InChI is InChI=1S/C14H26N2S2/c1-6-8-17-10-13-16-11(7-2)12(18-13)9-15-14(3,4)5/h15H,6-10H2,1-5H3. The van der Waals surface area contributed by atoms with E-state index in [1.807, 2.05) is 23.1 Å². The highest BCUT2D eigenvalue weighted by atomic mass is 32.2. The van der Waals surface area contributed by atoms with Crippen LogP contribution < -0.4 is 5.32 Å². The summed E-state index contributed by atoms with van der Waals surface area (Å²) in [5.41, 5.74) is 1.45. The Morgan fingerprint density at radius 2 is 2.00 bits per heavy atom. The SMILES string of the molecule is CCCSCc1nc(CC)c(CNC(C)(C)C)s1. The minimum atomic E-state index is 0.173. The maximum Gasteiger partial charge on any atom is 0.103 e. The topological polar surface area (TPSA) is 24.9 Å². The molecule has 0 saturated carbocycles. The Bertz CT molecular complexity index is 353. The van der Waals surface area contributed by atoms with Crippen molar-refractivity contribution in [2.75, 3.05) is 5.75 Å². The van der Waals surface area contributed by atoms with Crippen molar-refractivity contribution in [1.29, 1.82) is 0 Å². The summed E-state index contributed by atoms with van der Waals surface area (Å²) >= 11 is 3.87. The van der Waals surface area contributed by atoms with E-state index in [9.17, 15) is 0 Å². The molecule has 1 heterocycles. The molecule has 0 fully saturated rings. The van der Waals surface area contributed by atoms with Crippen LogP contribution in [0.2, 0.25) is 0 Å². The molecule has 1 aromatic heterocycles. The van der Waals surface area contributed by atoms with Crippen LogP contribution in [0, 0.1) is 0 Å². The summed E-state index contributed by atoms with van der Waals surface area (Å²) < 4.78 is 0. The first kappa shape index (κ1) is 16.0. The average molecular weight is 287 g/mol. The van der Waals surface area contributed by atoms with Gasteiger partial charge in [-0.15, -0.1) is 11.3 Å². The van der Waals surface area contributed by atoms with Gasteiger partial charge >= 0.3 is 0 Å². The normalized spacial score (nSPS) is 12.1. The lowest BCUT2D eigenvalue weighted by Gasteiger charge is -2.20. The van der Waals surface area contributed by atoms with Crippen molar-refractivity contribution in [3.63, 3.8) is 0 Å². The summed E-state index contributed by atoms with van der Waals surface area (Å²) in [5.74, 6) is 2.30. The zero-order valence-electron chi connectivity index (χ0n) is 12.3. The molecule has 0 aliphatic rings. The van der Waals surface area contributed by atoms with Crippen LogP contribution in [0.1, 0.15) is 56.6 Å². The maximum atomic E-state index is 4.76. The highest BCUT2D eigenvalue weighted by molar-refractivity contribution is 7.98. The first-order chi connectivity index (χ1) is 8.46. The molecule has 4 heteroatoms. The van der Waals surface area contributed by atoms with E-state index >= 15 is 0 Å². The first-order valence-electron chi connectivity index (χ1n) is 6.76. The molecule has 0 atom stereocenters. The van der Waals surface area contributed by atoms with Gasteiger partial charge in [-0.3, -0.25) is 0 Å². The van der Waals surface area contributed by atoms with Crippen LogP contribution in [0.15, 0.2) is 0 Å². The van der Waals surface area contributed by atoms with Crippen molar-refractivity contribution in [3.8, 4) is 0 Å². The van der Waals surface area contributed by atoms with Crippen LogP contribution in [0.3, 0.4) is 0 Å². The molecule has 0 aliphatic carbocycles. The van der Waals surface area contributed by atoms with Gasteiger partial charge in [0.05, 0.1) is 5.69 Å². The highest BCUT2D eigenvalue weighted by Gasteiger charge is 2.13. The lowest BCUT2D eigenvalue weighted by molar-refractivity contribution is 0.425. The average Bonchev–Trinajstić information content (AvgIpc) is 2.68. The van der Waals surface area contributed by atoms with Crippen molar-refractivity contribution in [1.82, 2.24) is 10.3 Å². The summed E-state index contributed by atoms with van der Waals surface area (Å²) in [6.45, 7) is 12.0. The molecular weight excluding hydrogens is 260 g/mol. The number of aryl methyl sites for hydroxylation is 1. The number of hydrogen-bond donors (Lipinski definition) is 1. The monoisotopic (exact) mass is 286 g/mol. The van der Waals surface area contributed by atoms with Gasteiger partial charge in [0, 0.05) is 22.7 Å². The Kier molecular flexibility index (Phi) is 6.67. The van der Waals surface area contributed by atoms with E-state index in [1.54, 1.807) is 0 Å². The zero-order chi connectivity index (χ0) is 13.6. The van der Waals surface area contributed by atoms with E-state index in [0.29, 0.717) is 0 Å². The molecule has 1 rings (SSSR count). The molecule has 0 saturated heterocycles. The van der Waals surface area contributed by atoms with Gasteiger partial charge in [0.1, 0.15) is 5.01 Å². The van der Waals surface area contributed by atoms with Gasteiger partial charge < -0.3 is 5.32 Å². The predicted molar refractivity (Wildman–Crippen MR) is 84.5 cm³/mol. The van der Waals surface area contributed by atoms with Gasteiger partial charge in [-0.05, 0) is 39.4 Å². The molecule has 0 radical (unpaired) electrons. The molecule has 18 heavy (non-hydrogen) atoms. The molecular formula is C14H26N2S2. The second kappa shape index (κ2) is 7.51. The Labute approximate surface area is 120 Å². The number of rotatable bonds is 7. The van der Waals surface area contributed by atoms with Crippen molar-refractivity contribution >= 4 is 23.1 Å². The fourth-order valence-corrected chi connectivity index (χ4v) is 3.61. The van der Waals surface area contributed by atoms with E-state index in [4.69, 9.17) is 4.98 Å². The quantitative estimate of drug-likeness (QED) is 0.759. The number of nitrogens with one attached hydrogen (secondary N) is 1. The highest BCUT2D eigenvalue weighted by Crippen LogP contribution is 2.24. The molecule has 0 aromatic carbocycles. The number of thioether (sulfide) groups is 1. The van der Waals surface area contributed by atoms with Gasteiger partial charge in [0.2, 0.25) is 0 Å². The van der Waals surface area contributed by atoms with Gasteiger partial charge in [0.25, 0.3) is 0 Å². The Morgan fingerprint density at radius 3 is 2.56 bits per heavy atom. The van der Waals surface area contributed by atoms with Gasteiger partial charge in [-0.1, -0.05) is 13.8 Å². The van der Waals surface area contributed by atoms with Crippen LogP contribution in [0.4, 0.5) is 0 Å². The molecule has 0 bridgehead atoms. The van der Waals surface area contributed by atoms with Crippen molar-refractivity contribution < 1.29 is 0 Å². The van der Waals surface area contributed by atoms with E-state index in [0.717, 1.165) is 18.7 Å². The van der Waals surface area contributed by atoms with Crippen molar-refractivity contribution in [3.05, 3.63) is 15.6 Å². The third-order valence-electron chi connectivity index (χ3n) is 2.51. The molecule has 1 aromatic rings. The predicted octanol–water partition coefficient (Wildman–Crippen LogP) is 4.24. The summed E-state index contributed by atoms with van der Waals surface area (Å²) in [6.07, 6.45) is 2.28. The van der Waals surface area contributed by atoms with Crippen molar-refractivity contribution in [2.45, 2.75) is 65.3 Å². The molecule has 104 valence electrons. The largest absolute Gasteiger partial charge is 0.307 e. The summed E-state index contributed by atoms with van der Waals surface area (Å²) in [4.78, 5) is 6.18. The smallest absolute Gasteiger partial charge is 0.103 e. The minimum absolute atomic E-state index is 0.173. The Hall–Kier alpha value is -0.0600. The second-order valence-electron chi connectivity index (χ2n) is 5.49. The minimum Gasteiger partial charge on any atom is -0.307 e. The van der Waals surface area contributed by atoms with E-state index in [2.05, 4.69) is 39.9 Å². The summed E-state index contributed by atoms with van der Waals surface area (Å²) in [6, 6.07) is 0. The molecule has 2 nitrogen and oxygen atoms in total. The van der Waals surface area contributed by atoms with Crippen molar-refractivity contribution in [2.24, 2.45) is 0 Å². The number of thiazole rings is 1. The Balaban J connectivity index is 2.60. The summed E-state index contributed by atoms with van der Waals surface area (Å²) in [7, 11) is 0. The van der Waals surface area contributed by atoms with Crippen LogP contribution in [-0.2, 0) is 18.7 Å². The van der Waals surface area contributed by atoms with Crippen LogP contribution >= 0.6 is 23.1 Å². The van der Waals surface area contributed by atoms with Gasteiger partial charge in [-0.2, -0.15) is 11.8 Å². The zero-order valence-corrected chi connectivity index (χ0v) is 13.9. The summed E-state index contributed by atoms with van der Waals surface area (Å²) in [5, 5.41) is 4.85. The number of nitrogens with zero attached hydrogens (tertiary/aromatic N) is 1. The number of aromatic nitrogens is 1. The van der Waals surface area contributed by atoms with Crippen LogP contribution in [-0.4, -0.2) is 16.3 Å². The van der Waals surface area contributed by atoms with Crippen LogP contribution in [0.5, 0.6) is 0 Å². The first-order valence-corrected chi connectivity index (χ1v) is 8.73. The maximum absolute atomic E-state index is 4.76. The second-order valence-corrected chi connectivity index (χ2v) is 7.76. The molecule has 0 unspecified atom stereocenters.